The Morgan fingerprint density at radius 2 is 1.67 bits per heavy atom. The van der Waals surface area contributed by atoms with Crippen LogP contribution in [0.4, 0.5) is 4.79 Å². The summed E-state index contributed by atoms with van der Waals surface area (Å²) in [6.07, 6.45) is -3.08. The molecule has 0 spiro atoms. The van der Waals surface area contributed by atoms with Gasteiger partial charge in [0.15, 0.2) is 17.7 Å². The van der Waals surface area contributed by atoms with Gasteiger partial charge in [-0.3, -0.25) is 19.3 Å². The number of aliphatic hydroxyl groups excluding tert-OH is 1. The molecule has 1 N–H and O–H groups in total. The molecule has 1 amide bonds. The predicted octanol–water partition coefficient (Wildman–Crippen LogP) is 2.89. The highest BCUT2D eigenvalue weighted by atomic mass is 16.7. The third-order valence-electron chi connectivity index (χ3n) is 11.9. The zero-order valence-electron chi connectivity index (χ0n) is 31.6. The van der Waals surface area contributed by atoms with E-state index in [1.54, 1.807) is 25.7 Å². The van der Waals surface area contributed by atoms with Crippen LogP contribution in [0.15, 0.2) is 0 Å². The van der Waals surface area contributed by atoms with E-state index in [2.05, 4.69) is 4.90 Å². The molecule has 1 unspecified atom stereocenters. The third kappa shape index (κ3) is 7.58. The van der Waals surface area contributed by atoms with Gasteiger partial charge < -0.3 is 38.6 Å². The van der Waals surface area contributed by atoms with Gasteiger partial charge in [0.05, 0.1) is 23.9 Å². The van der Waals surface area contributed by atoms with Crippen LogP contribution in [0.2, 0.25) is 0 Å². The van der Waals surface area contributed by atoms with E-state index in [9.17, 15) is 24.3 Å². The van der Waals surface area contributed by atoms with Crippen LogP contribution in [0, 0.1) is 23.7 Å². The molecule has 280 valence electrons. The number of rotatable bonds is 6. The number of ketones is 2. The number of esters is 1. The molecule has 4 rings (SSSR count). The highest BCUT2D eigenvalue weighted by Crippen LogP contribution is 2.44. The molecular formula is C36H61N3O10. The molecule has 13 heteroatoms. The number of ether oxygens (including phenoxy) is 5. The number of likely N-dealkylation sites (N-methyl/N-ethyl adjacent to an activating group) is 2. The number of Topliss-reactive ketones (excluding diaryl/α,β-unsaturated/α-hetero) is 2. The summed E-state index contributed by atoms with van der Waals surface area (Å²) in [7, 11) is 7.25. The molecule has 4 aliphatic heterocycles. The lowest BCUT2D eigenvalue weighted by Crippen LogP contribution is -2.61. The van der Waals surface area contributed by atoms with E-state index in [0.717, 1.165) is 13.0 Å². The molecule has 4 saturated heterocycles. The Bertz CT molecular complexity index is 1230. The minimum Gasteiger partial charge on any atom is -0.458 e. The van der Waals surface area contributed by atoms with Gasteiger partial charge in [0.1, 0.15) is 23.9 Å². The fourth-order valence-corrected chi connectivity index (χ4v) is 8.93. The van der Waals surface area contributed by atoms with Gasteiger partial charge in [0.25, 0.3) is 0 Å². The Hall–Kier alpha value is -2.16. The first kappa shape index (κ1) is 39.6. The SMILES string of the molecule is CC[C@H]1OC(=O)[C@H](C)C(=O)[C@H](C)[C@@H](O[C@@H]2O[C@H](C)C[C@H](N(C)C)[C@H]2O)[C@](C)(OC)C[C@@H](C)C(=O)[C@H](C)[C@H]2N(C3CCN(C)C3)C(=O)O[C@]12C. The maximum atomic E-state index is 14.6. The van der Waals surface area contributed by atoms with E-state index in [-0.39, 0.29) is 30.4 Å². The lowest BCUT2D eigenvalue weighted by Gasteiger charge is -2.47. The summed E-state index contributed by atoms with van der Waals surface area (Å²) in [5, 5.41) is 11.4. The number of nitrogens with zero attached hydrogens (tertiary/aromatic N) is 3. The monoisotopic (exact) mass is 695 g/mol. The topological polar surface area (TPSA) is 144 Å². The number of methoxy groups -OCH3 is 1. The Morgan fingerprint density at radius 1 is 1.02 bits per heavy atom. The number of carbonyl (C=O) groups is 4. The molecule has 0 aromatic carbocycles. The summed E-state index contributed by atoms with van der Waals surface area (Å²) in [4.78, 5) is 62.1. The minimum absolute atomic E-state index is 0.117. The first-order valence-corrected chi connectivity index (χ1v) is 18.0. The van der Waals surface area contributed by atoms with Crippen LogP contribution >= 0.6 is 0 Å². The van der Waals surface area contributed by atoms with Crippen molar-refractivity contribution in [2.24, 2.45) is 23.7 Å². The van der Waals surface area contributed by atoms with Crippen molar-refractivity contribution in [2.75, 3.05) is 41.3 Å². The predicted molar refractivity (Wildman–Crippen MR) is 181 cm³/mol. The number of likely N-dealkylation sites (tertiary alicyclic amines) is 1. The van der Waals surface area contributed by atoms with Gasteiger partial charge >= 0.3 is 12.1 Å². The number of cyclic esters (lactones) is 1. The Balaban J connectivity index is 1.79. The molecule has 4 fully saturated rings. The largest absolute Gasteiger partial charge is 0.458 e. The quantitative estimate of drug-likeness (QED) is 0.322. The average molecular weight is 696 g/mol. The summed E-state index contributed by atoms with van der Waals surface area (Å²) < 4.78 is 31.1. The first-order chi connectivity index (χ1) is 22.8. The molecular weight excluding hydrogens is 634 g/mol. The number of carbonyl (C=O) groups excluding carboxylic acids is 4. The van der Waals surface area contributed by atoms with Crippen molar-refractivity contribution < 1.29 is 48.0 Å². The van der Waals surface area contributed by atoms with Crippen LogP contribution in [-0.2, 0) is 38.1 Å². The second-order valence-corrected chi connectivity index (χ2v) is 15.8. The van der Waals surface area contributed by atoms with Crippen molar-refractivity contribution in [1.82, 2.24) is 14.7 Å². The van der Waals surface area contributed by atoms with Crippen molar-refractivity contribution in [3.63, 3.8) is 0 Å². The molecule has 14 atom stereocenters. The third-order valence-corrected chi connectivity index (χ3v) is 11.9. The Morgan fingerprint density at radius 3 is 2.22 bits per heavy atom. The van der Waals surface area contributed by atoms with Gasteiger partial charge in [-0.25, -0.2) is 4.79 Å². The van der Waals surface area contributed by atoms with Gasteiger partial charge in [-0.2, -0.15) is 0 Å². The molecule has 49 heavy (non-hydrogen) atoms. The van der Waals surface area contributed by atoms with E-state index in [4.69, 9.17) is 23.7 Å². The normalized spacial score (nSPS) is 44.9. The van der Waals surface area contributed by atoms with Crippen molar-refractivity contribution in [2.45, 2.75) is 141 Å². The van der Waals surface area contributed by atoms with Crippen molar-refractivity contribution in [3.8, 4) is 0 Å². The van der Waals surface area contributed by atoms with Crippen molar-refractivity contribution in [1.29, 1.82) is 0 Å². The van der Waals surface area contributed by atoms with E-state index in [0.29, 0.717) is 19.4 Å². The van der Waals surface area contributed by atoms with Crippen molar-refractivity contribution >= 4 is 23.6 Å². The molecule has 13 nitrogen and oxygen atoms in total. The van der Waals surface area contributed by atoms with Crippen LogP contribution in [0.1, 0.15) is 81.1 Å². The van der Waals surface area contributed by atoms with Gasteiger partial charge in [-0.15, -0.1) is 0 Å². The number of aliphatic hydroxyl groups is 1. The van der Waals surface area contributed by atoms with Crippen LogP contribution in [0.25, 0.3) is 0 Å². The summed E-state index contributed by atoms with van der Waals surface area (Å²) >= 11 is 0. The summed E-state index contributed by atoms with van der Waals surface area (Å²) in [6.45, 7) is 15.5. The second kappa shape index (κ2) is 15.2. The Labute approximate surface area is 292 Å². The molecule has 0 aromatic rings. The average Bonchev–Trinajstić information content (AvgIpc) is 3.59. The summed E-state index contributed by atoms with van der Waals surface area (Å²) in [5.41, 5.74) is -2.58. The van der Waals surface area contributed by atoms with Gasteiger partial charge in [0.2, 0.25) is 0 Å². The van der Waals surface area contributed by atoms with Crippen LogP contribution in [0.5, 0.6) is 0 Å². The Kier molecular flexibility index (Phi) is 12.3. The highest BCUT2D eigenvalue weighted by molar-refractivity contribution is 6.00. The smallest absolute Gasteiger partial charge is 0.411 e. The van der Waals surface area contributed by atoms with Gasteiger partial charge in [-0.05, 0) is 81.1 Å². The summed E-state index contributed by atoms with van der Waals surface area (Å²) in [6, 6.07) is -1.17. The maximum Gasteiger partial charge on any atom is 0.411 e. The zero-order chi connectivity index (χ0) is 36.7. The second-order valence-electron chi connectivity index (χ2n) is 15.8. The minimum atomic E-state index is -1.35. The van der Waals surface area contributed by atoms with E-state index in [1.165, 1.54) is 14.0 Å². The maximum absolute atomic E-state index is 14.6. The van der Waals surface area contributed by atoms with E-state index >= 15 is 0 Å². The number of hydrogen-bond donors (Lipinski definition) is 1. The van der Waals surface area contributed by atoms with Crippen LogP contribution < -0.4 is 0 Å². The lowest BCUT2D eigenvalue weighted by molar-refractivity contribution is -0.295. The fraction of sp³-hybridized carbons (Fsp3) is 0.889. The highest BCUT2D eigenvalue weighted by Gasteiger charge is 2.62. The number of fused-ring (bicyclic) bond motifs is 1. The first-order valence-electron chi connectivity index (χ1n) is 18.0. The molecule has 0 saturated carbocycles. The number of hydrogen-bond acceptors (Lipinski definition) is 12. The molecule has 0 radical (unpaired) electrons. The van der Waals surface area contributed by atoms with E-state index < -0.39 is 83.4 Å². The fourth-order valence-electron chi connectivity index (χ4n) is 8.93. The standard InChI is InChI=1S/C36H61N3O10/c1-13-26-36(8)30(39(34(44)49-36)24-14-15-38(11)18-24)21(4)27(40)19(2)17-35(7,45-12)31(22(5)28(41)23(6)32(43)47-26)48-33-29(42)25(37(9)10)16-20(3)46-33/h19-26,29-31,33,42H,13-18H2,1-12H3/t19-,20-,21+,22+,23-,24?,25+,26-,29-,30-,31-,33+,35-,36-/m1/s1. The van der Waals surface area contributed by atoms with Crippen LogP contribution in [-0.4, -0.2) is 145 Å². The van der Waals surface area contributed by atoms with Gasteiger partial charge in [-0.1, -0.05) is 27.7 Å². The number of amides is 1. The van der Waals surface area contributed by atoms with E-state index in [1.807, 2.05) is 53.7 Å². The molecule has 0 aliphatic carbocycles. The lowest BCUT2D eigenvalue weighted by atomic mass is 9.73. The molecule has 4 heterocycles. The summed E-state index contributed by atoms with van der Waals surface area (Å²) in [5.74, 6) is -4.74. The van der Waals surface area contributed by atoms with Gasteiger partial charge in [0, 0.05) is 43.5 Å². The molecule has 0 bridgehead atoms. The van der Waals surface area contributed by atoms with Crippen LogP contribution in [0.3, 0.4) is 0 Å². The molecule has 4 aliphatic rings. The molecule has 0 aromatic heterocycles. The zero-order valence-corrected chi connectivity index (χ0v) is 31.6. The van der Waals surface area contributed by atoms with Crippen molar-refractivity contribution in [3.05, 3.63) is 0 Å².